The topological polar surface area (TPSA) is 54.2 Å². The van der Waals surface area contributed by atoms with Gasteiger partial charge in [0.2, 0.25) is 0 Å². The van der Waals surface area contributed by atoms with Crippen molar-refractivity contribution in [3.05, 3.63) is 28.5 Å². The molecule has 1 aliphatic heterocycles. The standard InChI is InChI=1S/C15H25BrN4/c1-15(2,20-8-4-3-5-9-20)14(19-17)10-13-7-6-12(16)11-18-13/h6-7,11,14,19H,3-5,8-10,17H2,1-2H3. The Hall–Kier alpha value is -0.490. The van der Waals surface area contributed by atoms with Crippen LogP contribution in [-0.2, 0) is 6.42 Å². The molecular formula is C15H25BrN4. The third kappa shape index (κ3) is 3.79. The van der Waals surface area contributed by atoms with Crippen LogP contribution in [0, 0.1) is 0 Å². The van der Waals surface area contributed by atoms with Gasteiger partial charge < -0.3 is 0 Å². The summed E-state index contributed by atoms with van der Waals surface area (Å²) in [5.74, 6) is 5.83. The van der Waals surface area contributed by atoms with E-state index in [4.69, 9.17) is 5.84 Å². The minimum Gasteiger partial charge on any atom is -0.297 e. The monoisotopic (exact) mass is 340 g/mol. The van der Waals surface area contributed by atoms with Gasteiger partial charge in [0.15, 0.2) is 0 Å². The Kier molecular flexibility index (Phi) is 5.55. The van der Waals surface area contributed by atoms with E-state index in [1.165, 1.54) is 32.4 Å². The van der Waals surface area contributed by atoms with Gasteiger partial charge >= 0.3 is 0 Å². The van der Waals surface area contributed by atoms with Crippen molar-refractivity contribution in [2.75, 3.05) is 13.1 Å². The van der Waals surface area contributed by atoms with Crippen LogP contribution < -0.4 is 11.3 Å². The average Bonchev–Trinajstić information content (AvgIpc) is 2.47. The fourth-order valence-corrected chi connectivity index (χ4v) is 3.17. The van der Waals surface area contributed by atoms with Gasteiger partial charge in [-0.3, -0.25) is 21.2 Å². The Labute approximate surface area is 130 Å². The van der Waals surface area contributed by atoms with Gasteiger partial charge in [-0.05, 0) is 67.8 Å². The van der Waals surface area contributed by atoms with Crippen molar-refractivity contribution < 1.29 is 0 Å². The zero-order valence-corrected chi connectivity index (χ0v) is 14.0. The third-order valence-electron chi connectivity index (χ3n) is 4.43. The molecule has 2 rings (SSSR count). The maximum atomic E-state index is 5.83. The van der Waals surface area contributed by atoms with Crippen LogP contribution in [0.15, 0.2) is 22.8 Å². The lowest BCUT2D eigenvalue weighted by molar-refractivity contribution is 0.0608. The highest BCUT2D eigenvalue weighted by Crippen LogP contribution is 2.25. The molecule has 0 saturated carbocycles. The molecule has 0 radical (unpaired) electrons. The number of hydrogen-bond donors (Lipinski definition) is 2. The van der Waals surface area contributed by atoms with Gasteiger partial charge in [0, 0.05) is 34.4 Å². The van der Waals surface area contributed by atoms with E-state index in [-0.39, 0.29) is 11.6 Å². The zero-order chi connectivity index (χ0) is 14.6. The van der Waals surface area contributed by atoms with Gasteiger partial charge in [-0.2, -0.15) is 0 Å². The van der Waals surface area contributed by atoms with E-state index < -0.39 is 0 Å². The van der Waals surface area contributed by atoms with Gasteiger partial charge in [-0.25, -0.2) is 0 Å². The Balaban J connectivity index is 2.07. The Morgan fingerprint density at radius 1 is 1.35 bits per heavy atom. The van der Waals surface area contributed by atoms with E-state index >= 15 is 0 Å². The number of hydrogen-bond acceptors (Lipinski definition) is 4. The van der Waals surface area contributed by atoms with E-state index in [1.54, 1.807) is 0 Å². The van der Waals surface area contributed by atoms with E-state index in [2.05, 4.69) is 51.2 Å². The molecule has 1 unspecified atom stereocenters. The van der Waals surface area contributed by atoms with Crippen molar-refractivity contribution in [1.29, 1.82) is 0 Å². The summed E-state index contributed by atoms with van der Waals surface area (Å²) in [6.45, 7) is 6.89. The second-order valence-corrected chi connectivity index (χ2v) is 7.01. The zero-order valence-electron chi connectivity index (χ0n) is 12.4. The lowest BCUT2D eigenvalue weighted by atomic mass is 9.87. The molecule has 1 fully saturated rings. The summed E-state index contributed by atoms with van der Waals surface area (Å²) in [4.78, 5) is 7.02. The lowest BCUT2D eigenvalue weighted by Crippen LogP contribution is -2.61. The highest BCUT2D eigenvalue weighted by molar-refractivity contribution is 9.10. The van der Waals surface area contributed by atoms with Gasteiger partial charge in [0.1, 0.15) is 0 Å². The Morgan fingerprint density at radius 3 is 2.60 bits per heavy atom. The fraction of sp³-hybridized carbons (Fsp3) is 0.667. The van der Waals surface area contributed by atoms with E-state index in [0.717, 1.165) is 16.6 Å². The van der Waals surface area contributed by atoms with Crippen molar-refractivity contribution in [2.24, 2.45) is 5.84 Å². The van der Waals surface area contributed by atoms with E-state index in [1.807, 2.05) is 12.3 Å². The highest BCUT2D eigenvalue weighted by atomic mass is 79.9. The van der Waals surface area contributed by atoms with Gasteiger partial charge in [0.05, 0.1) is 0 Å². The quantitative estimate of drug-likeness (QED) is 0.638. The predicted octanol–water partition coefficient (Wildman–Crippen LogP) is 2.48. The number of nitrogens with one attached hydrogen (secondary N) is 1. The molecule has 0 spiro atoms. The van der Waals surface area contributed by atoms with Crippen LogP contribution in [0.3, 0.4) is 0 Å². The average molecular weight is 341 g/mol. The molecule has 0 amide bonds. The van der Waals surface area contributed by atoms with Crippen LogP contribution >= 0.6 is 15.9 Å². The third-order valence-corrected chi connectivity index (χ3v) is 4.90. The molecule has 3 N–H and O–H groups in total. The van der Waals surface area contributed by atoms with Crippen molar-refractivity contribution in [1.82, 2.24) is 15.3 Å². The van der Waals surface area contributed by atoms with Crippen LogP contribution in [-0.4, -0.2) is 34.6 Å². The Bertz CT molecular complexity index is 412. The summed E-state index contributed by atoms with van der Waals surface area (Å²) in [5, 5.41) is 0. The van der Waals surface area contributed by atoms with Gasteiger partial charge in [-0.1, -0.05) is 6.42 Å². The van der Waals surface area contributed by atoms with Gasteiger partial charge in [-0.15, -0.1) is 0 Å². The first-order valence-electron chi connectivity index (χ1n) is 7.35. The second-order valence-electron chi connectivity index (χ2n) is 6.09. The summed E-state index contributed by atoms with van der Waals surface area (Å²) < 4.78 is 1.01. The molecule has 0 aliphatic carbocycles. The molecule has 1 aromatic heterocycles. The van der Waals surface area contributed by atoms with Crippen LogP contribution in [0.2, 0.25) is 0 Å². The smallest absolute Gasteiger partial charge is 0.0444 e. The van der Waals surface area contributed by atoms with Crippen LogP contribution in [0.4, 0.5) is 0 Å². The number of halogens is 1. The maximum absolute atomic E-state index is 5.83. The summed E-state index contributed by atoms with van der Waals surface area (Å²) >= 11 is 3.42. The molecule has 1 aromatic rings. The first-order chi connectivity index (χ1) is 9.54. The van der Waals surface area contributed by atoms with Crippen molar-refractivity contribution in [3.8, 4) is 0 Å². The molecule has 1 aliphatic rings. The molecule has 0 aromatic carbocycles. The van der Waals surface area contributed by atoms with Crippen molar-refractivity contribution in [3.63, 3.8) is 0 Å². The first kappa shape index (κ1) is 15.9. The van der Waals surface area contributed by atoms with Crippen molar-refractivity contribution >= 4 is 15.9 Å². The molecule has 112 valence electrons. The van der Waals surface area contributed by atoms with Crippen molar-refractivity contribution in [2.45, 2.75) is 51.1 Å². The molecule has 1 saturated heterocycles. The van der Waals surface area contributed by atoms with Gasteiger partial charge in [0.25, 0.3) is 0 Å². The number of rotatable bonds is 5. The maximum Gasteiger partial charge on any atom is 0.0444 e. The summed E-state index contributed by atoms with van der Waals surface area (Å²) in [6.07, 6.45) is 6.61. The normalized spacial score (nSPS) is 19.0. The highest BCUT2D eigenvalue weighted by Gasteiger charge is 2.35. The minimum atomic E-state index is 0.0317. The molecule has 5 heteroatoms. The molecule has 20 heavy (non-hydrogen) atoms. The summed E-state index contributed by atoms with van der Waals surface area (Å²) in [5.41, 5.74) is 4.11. The van der Waals surface area contributed by atoms with E-state index in [0.29, 0.717) is 0 Å². The van der Waals surface area contributed by atoms with E-state index in [9.17, 15) is 0 Å². The molecule has 0 bridgehead atoms. The largest absolute Gasteiger partial charge is 0.297 e. The summed E-state index contributed by atoms with van der Waals surface area (Å²) in [6, 6.07) is 4.28. The number of hydrazine groups is 1. The number of nitrogens with two attached hydrogens (primary N) is 1. The minimum absolute atomic E-state index is 0.0317. The Morgan fingerprint density at radius 2 is 2.05 bits per heavy atom. The number of likely N-dealkylation sites (tertiary alicyclic amines) is 1. The predicted molar refractivity (Wildman–Crippen MR) is 86.3 cm³/mol. The SMILES string of the molecule is CC(C)(C(Cc1ccc(Br)cn1)NN)N1CCCCC1. The van der Waals surface area contributed by atoms with Crippen LogP contribution in [0.5, 0.6) is 0 Å². The molecule has 2 heterocycles. The number of aromatic nitrogens is 1. The molecular weight excluding hydrogens is 316 g/mol. The lowest BCUT2D eigenvalue weighted by Gasteiger charge is -2.45. The second kappa shape index (κ2) is 6.98. The number of pyridine rings is 1. The molecule has 1 atom stereocenters. The molecule has 4 nitrogen and oxygen atoms in total. The first-order valence-corrected chi connectivity index (χ1v) is 8.15. The summed E-state index contributed by atoms with van der Waals surface area (Å²) in [7, 11) is 0. The van der Waals surface area contributed by atoms with Crippen LogP contribution in [0.25, 0.3) is 0 Å². The van der Waals surface area contributed by atoms with Crippen LogP contribution in [0.1, 0.15) is 38.8 Å². The number of piperidine rings is 1. The fourth-order valence-electron chi connectivity index (χ4n) is 2.94. The number of nitrogens with zero attached hydrogens (tertiary/aromatic N) is 2.